The highest BCUT2D eigenvalue weighted by atomic mass is 16.5. The smallest absolute Gasteiger partial charge is 0.224 e. The number of pyridine rings is 2. The van der Waals surface area contributed by atoms with Crippen molar-refractivity contribution in [2.75, 3.05) is 31.3 Å². The van der Waals surface area contributed by atoms with E-state index in [2.05, 4.69) is 31.6 Å². The van der Waals surface area contributed by atoms with Crippen LogP contribution in [0.25, 0.3) is 10.9 Å². The molecule has 0 unspecified atom stereocenters. The highest BCUT2D eigenvalue weighted by molar-refractivity contribution is 6.01. The first kappa shape index (κ1) is 28.5. The number of hydrogen-bond donors (Lipinski definition) is 2. The molecule has 2 heterocycles. The Bertz CT molecular complexity index is 1570. The number of anilines is 3. The number of hydrogen-bond acceptors (Lipinski definition) is 7. The van der Waals surface area contributed by atoms with Crippen LogP contribution in [0.1, 0.15) is 46.4 Å². The lowest BCUT2D eigenvalue weighted by molar-refractivity contribution is -0.116. The molecule has 0 bridgehead atoms. The normalized spacial score (nSPS) is 10.9. The Morgan fingerprint density at radius 3 is 2.45 bits per heavy atom. The highest BCUT2D eigenvalue weighted by Gasteiger charge is 2.15. The third-order valence-corrected chi connectivity index (χ3v) is 6.82. The average Bonchev–Trinajstić information content (AvgIpc) is 2.90. The zero-order valence-electron chi connectivity index (χ0n) is 24.1. The molecule has 2 N–H and O–H groups in total. The van der Waals surface area contributed by atoms with Crippen molar-refractivity contribution in [2.24, 2.45) is 0 Å². The number of aromatic nitrogens is 2. The zero-order chi connectivity index (χ0) is 28.8. The van der Waals surface area contributed by atoms with E-state index in [1.165, 1.54) is 0 Å². The predicted molar refractivity (Wildman–Crippen MR) is 160 cm³/mol. The quantitative estimate of drug-likeness (QED) is 0.244. The van der Waals surface area contributed by atoms with Gasteiger partial charge in [0.25, 0.3) is 0 Å². The lowest BCUT2D eigenvalue weighted by Gasteiger charge is -2.18. The van der Waals surface area contributed by atoms with E-state index in [0.717, 1.165) is 63.3 Å². The van der Waals surface area contributed by atoms with Crippen LogP contribution in [0.3, 0.4) is 0 Å². The van der Waals surface area contributed by atoms with Gasteiger partial charge in [-0.15, -0.1) is 0 Å². The zero-order valence-corrected chi connectivity index (χ0v) is 24.1. The van der Waals surface area contributed by atoms with Gasteiger partial charge in [-0.1, -0.05) is 6.07 Å². The van der Waals surface area contributed by atoms with Crippen molar-refractivity contribution in [1.29, 1.82) is 5.26 Å². The molecule has 1 amide bonds. The van der Waals surface area contributed by atoms with Gasteiger partial charge in [0, 0.05) is 35.6 Å². The minimum absolute atomic E-state index is 0.0362. The Morgan fingerprint density at radius 2 is 1.77 bits per heavy atom. The third kappa shape index (κ3) is 6.74. The topological polar surface area (TPSA) is 103 Å². The molecule has 0 spiro atoms. The standard InChI is InChI=1S/C32H36N6O2/c1-20-9-7-11-34-29(20)19-40-32-22(3)13-25(14-23(32)4)36-31-24(17-33)18-35-28-15-21(2)27(16-26(28)31)37-30(39)10-8-12-38(5)6/h7,9,11,13-16,18H,8,10,12,19H2,1-6H3,(H,35,36)(H,37,39). The van der Waals surface area contributed by atoms with Crippen molar-refractivity contribution >= 4 is 33.9 Å². The number of nitrogens with one attached hydrogen (secondary N) is 2. The number of amides is 1. The Kier molecular flexibility index (Phi) is 8.97. The predicted octanol–water partition coefficient (Wildman–Crippen LogP) is 6.34. The van der Waals surface area contributed by atoms with Crippen LogP contribution in [0, 0.1) is 39.0 Å². The maximum atomic E-state index is 12.6. The van der Waals surface area contributed by atoms with Gasteiger partial charge in [-0.25, -0.2) is 0 Å². The summed E-state index contributed by atoms with van der Waals surface area (Å²) in [5.41, 5.74) is 8.18. The molecule has 8 heteroatoms. The third-order valence-electron chi connectivity index (χ3n) is 6.82. The highest BCUT2D eigenvalue weighted by Crippen LogP contribution is 2.35. The summed E-state index contributed by atoms with van der Waals surface area (Å²) in [5, 5.41) is 17.2. The van der Waals surface area contributed by atoms with E-state index in [1.807, 2.05) is 78.2 Å². The van der Waals surface area contributed by atoms with Crippen LogP contribution >= 0.6 is 0 Å². The van der Waals surface area contributed by atoms with Crippen LogP contribution < -0.4 is 15.4 Å². The van der Waals surface area contributed by atoms with Crippen LogP contribution in [-0.4, -0.2) is 41.4 Å². The van der Waals surface area contributed by atoms with E-state index in [4.69, 9.17) is 4.74 Å². The van der Waals surface area contributed by atoms with Crippen molar-refractivity contribution in [2.45, 2.75) is 47.1 Å². The first-order valence-electron chi connectivity index (χ1n) is 13.4. The lowest BCUT2D eigenvalue weighted by atomic mass is 10.0. The van der Waals surface area contributed by atoms with Crippen molar-refractivity contribution in [3.05, 3.63) is 82.3 Å². The number of rotatable bonds is 10. The van der Waals surface area contributed by atoms with E-state index in [-0.39, 0.29) is 5.91 Å². The van der Waals surface area contributed by atoms with Gasteiger partial charge in [0.2, 0.25) is 5.91 Å². The van der Waals surface area contributed by atoms with Crippen LogP contribution in [-0.2, 0) is 11.4 Å². The van der Waals surface area contributed by atoms with Crippen molar-refractivity contribution in [1.82, 2.24) is 14.9 Å². The molecule has 0 aliphatic heterocycles. The van der Waals surface area contributed by atoms with Gasteiger partial charge < -0.3 is 20.3 Å². The van der Waals surface area contributed by atoms with Gasteiger partial charge in [0.1, 0.15) is 18.4 Å². The second-order valence-corrected chi connectivity index (χ2v) is 10.4. The Hall–Kier alpha value is -4.48. The molecule has 40 heavy (non-hydrogen) atoms. The molecular formula is C32H36N6O2. The van der Waals surface area contributed by atoms with Crippen LogP contribution in [0.5, 0.6) is 5.75 Å². The Labute approximate surface area is 236 Å². The summed E-state index contributed by atoms with van der Waals surface area (Å²) in [4.78, 5) is 23.6. The summed E-state index contributed by atoms with van der Waals surface area (Å²) in [6.07, 6.45) is 4.56. The molecule has 0 saturated heterocycles. The van der Waals surface area contributed by atoms with Crippen molar-refractivity contribution in [3.8, 4) is 11.8 Å². The number of nitriles is 1. The molecule has 2 aromatic carbocycles. The number of carbonyl (C=O) groups excluding carboxylic acids is 1. The van der Waals surface area contributed by atoms with Crippen LogP contribution in [0.2, 0.25) is 0 Å². The largest absolute Gasteiger partial charge is 0.487 e. The molecule has 0 atom stereocenters. The maximum Gasteiger partial charge on any atom is 0.224 e. The summed E-state index contributed by atoms with van der Waals surface area (Å²) < 4.78 is 6.17. The van der Waals surface area contributed by atoms with E-state index in [0.29, 0.717) is 30.0 Å². The second kappa shape index (κ2) is 12.6. The minimum atomic E-state index is -0.0362. The number of fused-ring (bicyclic) bond motifs is 1. The fourth-order valence-corrected chi connectivity index (χ4v) is 4.67. The SMILES string of the molecule is Cc1cc2ncc(C#N)c(Nc3cc(C)c(OCc4ncccc4C)c(C)c3)c2cc1NC(=O)CCCN(C)C. The van der Waals surface area contributed by atoms with Crippen LogP contribution in [0.4, 0.5) is 17.1 Å². The number of ether oxygens (including phenoxy) is 1. The molecule has 0 aliphatic rings. The summed E-state index contributed by atoms with van der Waals surface area (Å²) in [7, 11) is 3.98. The lowest BCUT2D eigenvalue weighted by Crippen LogP contribution is -2.17. The molecule has 0 saturated carbocycles. The van der Waals surface area contributed by atoms with Gasteiger partial charge >= 0.3 is 0 Å². The van der Waals surface area contributed by atoms with Crippen molar-refractivity contribution < 1.29 is 9.53 Å². The fraction of sp³-hybridized carbons (Fsp3) is 0.312. The molecular weight excluding hydrogens is 500 g/mol. The van der Waals surface area contributed by atoms with E-state index >= 15 is 0 Å². The average molecular weight is 537 g/mol. The number of carbonyl (C=O) groups is 1. The van der Waals surface area contributed by atoms with Gasteiger partial charge in [-0.05, 0) is 107 Å². The first-order valence-corrected chi connectivity index (χ1v) is 13.4. The van der Waals surface area contributed by atoms with E-state index in [1.54, 1.807) is 12.4 Å². The van der Waals surface area contributed by atoms with Gasteiger partial charge in [0.05, 0.1) is 22.5 Å². The van der Waals surface area contributed by atoms with Crippen LogP contribution in [0.15, 0.2) is 48.8 Å². The first-order chi connectivity index (χ1) is 19.2. The molecule has 0 radical (unpaired) electrons. The number of aryl methyl sites for hydroxylation is 4. The number of benzene rings is 2. The molecule has 8 nitrogen and oxygen atoms in total. The Morgan fingerprint density at radius 1 is 1.02 bits per heavy atom. The Balaban J connectivity index is 1.62. The maximum absolute atomic E-state index is 12.6. The summed E-state index contributed by atoms with van der Waals surface area (Å²) in [6.45, 7) is 9.20. The molecule has 4 aromatic rings. The summed E-state index contributed by atoms with van der Waals surface area (Å²) in [5.74, 6) is 0.775. The molecule has 206 valence electrons. The fourth-order valence-electron chi connectivity index (χ4n) is 4.67. The van der Waals surface area contributed by atoms with Gasteiger partial charge in [-0.2, -0.15) is 5.26 Å². The number of nitrogens with zero attached hydrogens (tertiary/aromatic N) is 4. The minimum Gasteiger partial charge on any atom is -0.487 e. The summed E-state index contributed by atoms with van der Waals surface area (Å²) in [6, 6.07) is 14.0. The van der Waals surface area contributed by atoms with Crippen molar-refractivity contribution in [3.63, 3.8) is 0 Å². The second-order valence-electron chi connectivity index (χ2n) is 10.4. The molecule has 2 aromatic heterocycles. The monoisotopic (exact) mass is 536 g/mol. The summed E-state index contributed by atoms with van der Waals surface area (Å²) >= 11 is 0. The van der Waals surface area contributed by atoms with E-state index < -0.39 is 0 Å². The van der Waals surface area contributed by atoms with E-state index in [9.17, 15) is 10.1 Å². The molecule has 4 rings (SSSR count). The van der Waals surface area contributed by atoms with Gasteiger partial charge in [-0.3, -0.25) is 14.8 Å². The molecule has 0 aliphatic carbocycles. The van der Waals surface area contributed by atoms with Gasteiger partial charge in [0.15, 0.2) is 0 Å². The molecule has 0 fully saturated rings.